The summed E-state index contributed by atoms with van der Waals surface area (Å²) in [4.78, 5) is 0. The summed E-state index contributed by atoms with van der Waals surface area (Å²) < 4.78 is 23.7. The topological polar surface area (TPSA) is 44.8 Å². The first kappa shape index (κ1) is 36.3. The van der Waals surface area contributed by atoms with E-state index < -0.39 is 7.82 Å². The summed E-state index contributed by atoms with van der Waals surface area (Å²) in [6.07, 6.45) is 0. The zero-order valence-corrected chi connectivity index (χ0v) is 12.6. The Balaban J connectivity index is -0.0000000245. The maximum Gasteiger partial charge on any atom is 4.00 e. The Labute approximate surface area is 118 Å². The van der Waals surface area contributed by atoms with Crippen LogP contribution in [0, 0.1) is 0 Å². The monoisotopic (exact) mass is 328 g/mol. The van der Waals surface area contributed by atoms with Crippen LogP contribution in [0.1, 0.15) is 0 Å². The summed E-state index contributed by atoms with van der Waals surface area (Å²) in [6.45, 7) is 0. The van der Waals surface area contributed by atoms with Crippen LogP contribution in [0.2, 0.25) is 0 Å². The molecule has 0 unspecified atom stereocenters. The van der Waals surface area contributed by atoms with Gasteiger partial charge in [-0.3, -0.25) is 13.6 Å². The minimum Gasteiger partial charge on any atom is -1.00 e. The van der Waals surface area contributed by atoms with E-state index in [9.17, 15) is 4.57 Å². The van der Waals surface area contributed by atoms with Crippen molar-refractivity contribution >= 4 is 7.82 Å². The van der Waals surface area contributed by atoms with E-state index >= 15 is 0 Å². The van der Waals surface area contributed by atoms with Crippen molar-refractivity contribution in [1.82, 2.24) is 0 Å². The maximum absolute atomic E-state index is 10.7. The van der Waals surface area contributed by atoms with Gasteiger partial charge in [-0.1, -0.05) is 0 Å². The number of halogens is 4. The van der Waals surface area contributed by atoms with Gasteiger partial charge in [-0.15, -0.1) is 0 Å². The molecule has 0 N–H and O–H groups in total. The normalized spacial score (nSPS) is 7.31. The molecule has 82 valence electrons. The van der Waals surface area contributed by atoms with Crippen LogP contribution < -0.4 is 49.6 Å². The Kier molecular flexibility index (Phi) is 54.6. The van der Waals surface area contributed by atoms with Crippen molar-refractivity contribution in [3.05, 3.63) is 0 Å². The summed E-state index contributed by atoms with van der Waals surface area (Å²) in [5, 5.41) is 0. The molecule has 0 aliphatic heterocycles. The zero-order valence-electron chi connectivity index (χ0n) is 7.09. The molecule has 0 aliphatic carbocycles. The fourth-order valence-corrected chi connectivity index (χ4v) is 0.671. The SMILES string of the molecule is COP(=O)(OC)OC.[Cl-].[Cl-].[Cl-].[Cl-].[Ti+4]. The third kappa shape index (κ3) is 16.6. The third-order valence-corrected chi connectivity index (χ3v) is 2.01. The van der Waals surface area contributed by atoms with Gasteiger partial charge in [0, 0.05) is 21.3 Å². The number of hydrogen-bond acceptors (Lipinski definition) is 4. The predicted molar refractivity (Wildman–Crippen MR) is 28.6 cm³/mol. The fraction of sp³-hybridized carbons (Fsp3) is 1.00. The quantitative estimate of drug-likeness (QED) is 0.381. The molecular formula is C3H9Cl4O4PTi. The van der Waals surface area contributed by atoms with Crippen LogP contribution in [-0.4, -0.2) is 21.3 Å². The van der Waals surface area contributed by atoms with E-state index in [1.165, 1.54) is 21.3 Å². The van der Waals surface area contributed by atoms with Crippen LogP contribution >= 0.6 is 7.82 Å². The van der Waals surface area contributed by atoms with Crippen LogP contribution in [0.25, 0.3) is 0 Å². The van der Waals surface area contributed by atoms with E-state index in [1.54, 1.807) is 0 Å². The molecule has 0 aliphatic rings. The van der Waals surface area contributed by atoms with Gasteiger partial charge in [0.1, 0.15) is 0 Å². The number of hydrogen-bond donors (Lipinski definition) is 0. The molecule has 0 saturated heterocycles. The van der Waals surface area contributed by atoms with Crippen molar-refractivity contribution < 1.29 is 89.5 Å². The van der Waals surface area contributed by atoms with Crippen LogP contribution in [0.5, 0.6) is 0 Å². The fourth-order valence-electron chi connectivity index (χ4n) is 0.224. The average molecular weight is 330 g/mol. The molecule has 0 radical (unpaired) electrons. The van der Waals surface area contributed by atoms with Gasteiger partial charge in [-0.2, -0.15) is 0 Å². The number of rotatable bonds is 3. The van der Waals surface area contributed by atoms with Crippen LogP contribution in [-0.2, 0) is 39.9 Å². The summed E-state index contributed by atoms with van der Waals surface area (Å²) in [5.74, 6) is 0. The van der Waals surface area contributed by atoms with Gasteiger partial charge in [0.15, 0.2) is 0 Å². The van der Waals surface area contributed by atoms with Gasteiger partial charge in [-0.25, -0.2) is 4.57 Å². The molecule has 10 heteroatoms. The third-order valence-electron chi connectivity index (χ3n) is 0.671. The van der Waals surface area contributed by atoms with Gasteiger partial charge in [-0.05, 0) is 0 Å². The molecule has 0 aromatic carbocycles. The predicted octanol–water partition coefficient (Wildman–Crippen LogP) is -11.0. The molecule has 0 bridgehead atoms. The van der Waals surface area contributed by atoms with E-state index in [4.69, 9.17) is 0 Å². The molecule has 0 atom stereocenters. The van der Waals surface area contributed by atoms with Gasteiger partial charge < -0.3 is 49.6 Å². The number of phosphoric ester groups is 1. The van der Waals surface area contributed by atoms with E-state index in [2.05, 4.69) is 13.6 Å². The Morgan fingerprint density at radius 2 is 0.923 bits per heavy atom. The van der Waals surface area contributed by atoms with E-state index in [0.29, 0.717) is 0 Å². The molecule has 0 amide bonds. The second kappa shape index (κ2) is 19.5. The Morgan fingerprint density at radius 3 is 0.923 bits per heavy atom. The first-order chi connectivity index (χ1) is 3.68. The molecule has 0 aromatic heterocycles. The summed E-state index contributed by atoms with van der Waals surface area (Å²) in [7, 11) is 0.611. The summed E-state index contributed by atoms with van der Waals surface area (Å²) in [5.41, 5.74) is 0. The second-order valence-corrected chi connectivity index (χ2v) is 2.98. The average Bonchev–Trinajstić information content (AvgIpc) is 1.87. The van der Waals surface area contributed by atoms with Crippen molar-refractivity contribution in [2.75, 3.05) is 21.3 Å². The van der Waals surface area contributed by atoms with Crippen molar-refractivity contribution in [2.24, 2.45) is 0 Å². The van der Waals surface area contributed by atoms with Crippen molar-refractivity contribution in [3.63, 3.8) is 0 Å². The van der Waals surface area contributed by atoms with Gasteiger partial charge in [0.25, 0.3) is 0 Å². The molecule has 0 fully saturated rings. The number of phosphoric acid groups is 1. The van der Waals surface area contributed by atoms with E-state index in [0.717, 1.165) is 0 Å². The zero-order chi connectivity index (χ0) is 6.62. The van der Waals surface area contributed by atoms with E-state index in [-0.39, 0.29) is 71.3 Å². The van der Waals surface area contributed by atoms with Gasteiger partial charge in [0.05, 0.1) is 0 Å². The molecule has 0 saturated carbocycles. The molecular weight excluding hydrogens is 321 g/mol. The maximum atomic E-state index is 10.7. The smallest absolute Gasteiger partial charge is 1.00 e. The summed E-state index contributed by atoms with van der Waals surface area (Å²) >= 11 is 0. The van der Waals surface area contributed by atoms with Crippen LogP contribution in [0.4, 0.5) is 0 Å². The van der Waals surface area contributed by atoms with E-state index in [1.807, 2.05) is 0 Å². The standard InChI is InChI=1S/C3H9O4P.4ClH.Ti/c1-5-8(4,6-2)7-3;;;;;/h1-3H3;4*1H;/q;;;;;+4/p-4. The Hall–Kier alpha value is 1.98. The van der Waals surface area contributed by atoms with Crippen molar-refractivity contribution in [1.29, 1.82) is 0 Å². The molecule has 0 heterocycles. The van der Waals surface area contributed by atoms with Crippen molar-refractivity contribution in [2.45, 2.75) is 0 Å². The van der Waals surface area contributed by atoms with Gasteiger partial charge in [0.2, 0.25) is 0 Å². The molecule has 13 heavy (non-hydrogen) atoms. The largest absolute Gasteiger partial charge is 4.00 e. The summed E-state index contributed by atoms with van der Waals surface area (Å²) in [6, 6.07) is 0. The Morgan fingerprint density at radius 1 is 0.769 bits per heavy atom. The molecule has 0 spiro atoms. The second-order valence-electron chi connectivity index (χ2n) is 0.995. The van der Waals surface area contributed by atoms with Crippen LogP contribution in [0.3, 0.4) is 0 Å². The minimum absolute atomic E-state index is 0. The minimum atomic E-state index is -3.16. The Bertz CT molecular complexity index is 98.5. The molecule has 0 rings (SSSR count). The van der Waals surface area contributed by atoms with Gasteiger partial charge >= 0.3 is 29.5 Å². The first-order valence-corrected chi connectivity index (χ1v) is 3.42. The van der Waals surface area contributed by atoms with Crippen LogP contribution in [0.15, 0.2) is 0 Å². The van der Waals surface area contributed by atoms with Crippen molar-refractivity contribution in [3.8, 4) is 0 Å². The molecule has 0 aromatic rings. The first-order valence-electron chi connectivity index (χ1n) is 1.96. The molecule has 4 nitrogen and oxygen atoms in total.